The summed E-state index contributed by atoms with van der Waals surface area (Å²) in [5.41, 5.74) is -9.23. The number of fused-ring (bicyclic) bond motifs is 3. The number of carbonyl (C=O) groups is 7. The summed E-state index contributed by atoms with van der Waals surface area (Å²) < 4.78 is 37.3. The van der Waals surface area contributed by atoms with E-state index >= 15 is 9.59 Å². The molecule has 1 heterocycles. The van der Waals surface area contributed by atoms with Gasteiger partial charge in [-0.2, -0.15) is 0 Å². The number of nitrogens with one attached hydrogen (secondary N) is 1. The van der Waals surface area contributed by atoms with Crippen molar-refractivity contribution in [2.75, 3.05) is 6.61 Å². The molecule has 2 unspecified atom stereocenters. The van der Waals surface area contributed by atoms with Crippen molar-refractivity contribution >= 4 is 41.5 Å². The Labute approximate surface area is 491 Å². The van der Waals surface area contributed by atoms with Crippen molar-refractivity contribution in [3.63, 3.8) is 0 Å². The van der Waals surface area contributed by atoms with Gasteiger partial charge in [0.15, 0.2) is 17.5 Å². The van der Waals surface area contributed by atoms with Gasteiger partial charge < -0.3 is 44.0 Å². The van der Waals surface area contributed by atoms with Crippen LogP contribution in [0.25, 0.3) is 0 Å². The van der Waals surface area contributed by atoms with Crippen molar-refractivity contribution in [1.82, 2.24) is 5.32 Å². The topological polar surface area (TPSA) is 227 Å². The van der Waals surface area contributed by atoms with Crippen molar-refractivity contribution < 1.29 is 72.2 Å². The fourth-order valence-electron chi connectivity index (χ4n) is 13.1. The van der Waals surface area contributed by atoms with Gasteiger partial charge in [0.25, 0.3) is 5.91 Å². The highest BCUT2D eigenvalue weighted by Crippen LogP contribution is 2.78. The summed E-state index contributed by atoms with van der Waals surface area (Å²) in [6.45, 7) is 8.49. The van der Waals surface area contributed by atoms with Gasteiger partial charge in [0, 0.05) is 38.7 Å². The molecule has 3 N–H and O–H groups in total. The van der Waals surface area contributed by atoms with Crippen LogP contribution in [0, 0.1) is 16.7 Å². The molecule has 3 aromatic rings. The van der Waals surface area contributed by atoms with Gasteiger partial charge in [0.1, 0.15) is 29.5 Å². The molecule has 0 bridgehead atoms. The average Bonchev–Trinajstić information content (AvgIpc) is 0.625. The zero-order valence-corrected chi connectivity index (χ0v) is 48.6. The number of ether oxygens (including phenoxy) is 6. The highest BCUT2D eigenvalue weighted by atomic mass is 16.6. The molecule has 3 saturated carbocycles. The van der Waals surface area contributed by atoms with Crippen LogP contribution in [0.15, 0.2) is 175 Å². The molecule has 1 amide bonds. The Hall–Kier alpha value is -7.79. The normalized spacial score (nSPS) is 29.4. The summed E-state index contributed by atoms with van der Waals surface area (Å²) in [5, 5.41) is 28.9. The third-order valence-electron chi connectivity index (χ3n) is 17.4. The molecule has 5 aliphatic rings. The Kier molecular flexibility index (Phi) is 19.9. The lowest BCUT2D eigenvalue weighted by Gasteiger charge is -2.78. The summed E-state index contributed by atoms with van der Waals surface area (Å²) in [5.74, 6) is -7.62. The third-order valence-corrected chi connectivity index (χ3v) is 17.4. The van der Waals surface area contributed by atoms with Crippen molar-refractivity contribution in [2.45, 2.75) is 159 Å². The molecule has 0 aromatic heterocycles. The number of rotatable bonds is 25. The van der Waals surface area contributed by atoms with Gasteiger partial charge in [-0.1, -0.05) is 147 Å². The summed E-state index contributed by atoms with van der Waals surface area (Å²) in [7, 11) is 0. The molecule has 1 saturated heterocycles. The van der Waals surface area contributed by atoms with E-state index < -0.39 is 118 Å². The maximum Gasteiger partial charge on any atom is 0.350 e. The lowest BCUT2D eigenvalue weighted by Crippen LogP contribution is -2.90. The molecular weight excluding hydrogens is 1070 g/mol. The van der Waals surface area contributed by atoms with Gasteiger partial charge in [-0.05, 0) is 107 Å². The second-order valence-electron chi connectivity index (χ2n) is 22.5. The van der Waals surface area contributed by atoms with Crippen LogP contribution in [0.3, 0.4) is 0 Å². The van der Waals surface area contributed by atoms with Crippen LogP contribution in [0.2, 0.25) is 0 Å². The average molecular weight is 1150 g/mol. The number of ketones is 1. The van der Waals surface area contributed by atoms with E-state index in [2.05, 4.69) is 66.9 Å². The number of allylic oxidation sites excluding steroid dienone is 12. The molecule has 444 valence electrons. The van der Waals surface area contributed by atoms with Gasteiger partial charge >= 0.3 is 29.8 Å². The van der Waals surface area contributed by atoms with E-state index in [4.69, 9.17) is 28.4 Å². The standard InChI is InChI=1S/C68H77NO15/c1-7-8-9-10-11-12-13-14-15-16-17-18-19-20-21-22-23-24-34-41-53(73)81-57(55(48-35-28-25-29-36-48)69-61(75)49-37-30-26-31-38-49)63(77)84-68-43-67(78)60(82-62(76)50-39-32-27-33-40-50)58-64(5,51(72)42-52-66(58,44-79-52)83-47(4)71)59(74)56(80-46(3)70)54(45(68)2)65(67,68)6/h8-9,11-12,14-15,17-18,20-21,23-33,35-40,51-52,55-58,60,72,78H,7,10,13,16,19,22,34,41-44H2,1-6H3,(H,69,75)/b9-8-,12-11-,15-14-,18-17-,21-20-,24-23-/t51-,52+,55?,56+,57+,58-,60-,64+,65-,66-,67+,68?/m0/s1. The van der Waals surface area contributed by atoms with E-state index in [1.165, 1.54) is 26.0 Å². The van der Waals surface area contributed by atoms with Crippen molar-refractivity contribution in [2.24, 2.45) is 16.7 Å². The Balaban J connectivity index is 1.10. The highest BCUT2D eigenvalue weighted by molar-refractivity contribution is 5.98. The fraction of sp³-hybridized carbons (Fsp3) is 0.426. The molecule has 1 aliphatic heterocycles. The number of Topliss-reactive ketones (excluding diaryl/α,β-unsaturated/α-hetero) is 1. The summed E-state index contributed by atoms with van der Waals surface area (Å²) in [4.78, 5) is 100. The second kappa shape index (κ2) is 26.8. The number of esters is 5. The van der Waals surface area contributed by atoms with Gasteiger partial charge in [-0.15, -0.1) is 0 Å². The van der Waals surface area contributed by atoms with E-state index in [0.717, 1.165) is 46.0 Å². The number of aliphatic hydroxyl groups is 2. The molecule has 8 rings (SSSR count). The summed E-state index contributed by atoms with van der Waals surface area (Å²) in [6, 6.07) is 23.2. The van der Waals surface area contributed by atoms with Crippen molar-refractivity contribution in [1.29, 1.82) is 0 Å². The van der Waals surface area contributed by atoms with Crippen LogP contribution in [0.1, 0.15) is 138 Å². The van der Waals surface area contributed by atoms with Crippen LogP contribution in [-0.4, -0.2) is 106 Å². The number of hydrogen-bond acceptors (Lipinski definition) is 15. The molecule has 0 radical (unpaired) electrons. The van der Waals surface area contributed by atoms with E-state index in [1.54, 1.807) is 85.8 Å². The van der Waals surface area contributed by atoms with E-state index in [9.17, 15) is 34.2 Å². The monoisotopic (exact) mass is 1150 g/mol. The van der Waals surface area contributed by atoms with Crippen LogP contribution in [-0.2, 0) is 52.4 Å². The first-order valence-electron chi connectivity index (χ1n) is 28.9. The molecular formula is C68H77NO15. The van der Waals surface area contributed by atoms with E-state index in [0.29, 0.717) is 12.0 Å². The van der Waals surface area contributed by atoms with Crippen LogP contribution >= 0.6 is 0 Å². The van der Waals surface area contributed by atoms with Crippen molar-refractivity contribution in [3.8, 4) is 0 Å². The largest absolute Gasteiger partial charge is 0.455 e. The molecule has 3 aromatic carbocycles. The number of benzene rings is 3. The quantitative estimate of drug-likeness (QED) is 0.0407. The maximum atomic E-state index is 15.7. The molecule has 12 atom stereocenters. The zero-order chi connectivity index (χ0) is 60.3. The minimum Gasteiger partial charge on any atom is -0.455 e. The molecule has 84 heavy (non-hydrogen) atoms. The SMILES string of the molecule is CC/C=C\C/C=C\C/C=C\C/C=C\C/C=C\C/C=C\CCC(=O)O[C@@H](C(=O)OC12C[C@@]3(O)[C@@H](OC(=O)c4ccccc4)[C@@H]4[C@]5(OC(C)=O)CO[C@@H]5C[C@H](O)[C@@]4(C)C(=O)[C@H](OC(C)=O)C(=C1C)[C@]23C)C(NC(=O)c1ccccc1)c1ccccc1. The minimum absolute atomic E-state index is 0.0207. The van der Waals surface area contributed by atoms with Crippen molar-refractivity contribution in [3.05, 3.63) is 192 Å². The Morgan fingerprint density at radius 1 is 0.714 bits per heavy atom. The summed E-state index contributed by atoms with van der Waals surface area (Å²) in [6.07, 6.45) is 21.2. The lowest BCUT2D eigenvalue weighted by atomic mass is 9.30. The molecule has 16 heteroatoms. The van der Waals surface area contributed by atoms with E-state index in [-0.39, 0.29) is 48.1 Å². The molecule has 16 nitrogen and oxygen atoms in total. The maximum absolute atomic E-state index is 15.7. The number of carbonyl (C=O) groups excluding carboxylic acids is 7. The van der Waals surface area contributed by atoms with Gasteiger partial charge in [-0.25, -0.2) is 9.59 Å². The first kappa shape index (κ1) is 62.3. The van der Waals surface area contributed by atoms with Gasteiger partial charge in [0.2, 0.25) is 6.10 Å². The summed E-state index contributed by atoms with van der Waals surface area (Å²) >= 11 is 0. The molecule has 0 spiro atoms. The number of hydrogen-bond donors (Lipinski definition) is 3. The van der Waals surface area contributed by atoms with Crippen LogP contribution in [0.4, 0.5) is 0 Å². The first-order valence-corrected chi connectivity index (χ1v) is 28.9. The zero-order valence-electron chi connectivity index (χ0n) is 48.6. The van der Waals surface area contributed by atoms with Gasteiger partial charge in [0.05, 0.1) is 35.0 Å². The lowest BCUT2D eigenvalue weighted by molar-refractivity contribution is -0.376. The first-order chi connectivity index (χ1) is 40.3. The fourth-order valence-corrected chi connectivity index (χ4v) is 13.1. The number of amides is 1. The predicted molar refractivity (Wildman–Crippen MR) is 312 cm³/mol. The smallest absolute Gasteiger partial charge is 0.350 e. The Morgan fingerprint density at radius 2 is 1.25 bits per heavy atom. The van der Waals surface area contributed by atoms with Crippen LogP contribution in [0.5, 0.6) is 0 Å². The Bertz CT molecular complexity index is 3130. The second-order valence-corrected chi connectivity index (χ2v) is 22.5. The highest BCUT2D eigenvalue weighted by Gasteiger charge is 2.90. The third kappa shape index (κ3) is 12.1. The Morgan fingerprint density at radius 3 is 1.77 bits per heavy atom. The van der Waals surface area contributed by atoms with E-state index in [1.807, 2.05) is 18.2 Å². The number of aliphatic hydroxyl groups excluding tert-OH is 1. The van der Waals surface area contributed by atoms with Crippen LogP contribution < -0.4 is 5.32 Å². The minimum atomic E-state index is -2.37. The molecule has 4 fully saturated rings. The predicted octanol–water partition coefficient (Wildman–Crippen LogP) is 10.1. The molecule has 4 aliphatic carbocycles. The van der Waals surface area contributed by atoms with Gasteiger partial charge in [-0.3, -0.25) is 24.0 Å².